The standard InChI is InChI=1S/C29H37N2O2S2/c1-5-9-18-30-24-16-14-22(32-7-3)20-26(24)34-28(30)12-11-13-29-31(19-10-6-2)25-17-15-23(33-8-4)21-27(25)35-29/h11-17,20-21H,5-10,18-19H2,1-4H3/q+1. The average Bonchev–Trinajstić information content (AvgIpc) is 3.38. The fourth-order valence-electron chi connectivity index (χ4n) is 4.24. The summed E-state index contributed by atoms with van der Waals surface area (Å²) in [4.78, 5) is 3.73. The highest BCUT2D eigenvalue weighted by molar-refractivity contribution is 8.03. The van der Waals surface area contributed by atoms with Gasteiger partial charge in [-0.1, -0.05) is 55.9 Å². The molecule has 0 unspecified atom stereocenters. The number of hydrogen-bond acceptors (Lipinski definition) is 5. The van der Waals surface area contributed by atoms with Crippen molar-refractivity contribution in [3.05, 3.63) is 58.6 Å². The normalized spacial score (nSPS) is 14.4. The van der Waals surface area contributed by atoms with Crippen LogP contribution in [-0.4, -0.2) is 19.8 Å². The van der Waals surface area contributed by atoms with Crippen LogP contribution in [0.25, 0.3) is 16.3 Å². The van der Waals surface area contributed by atoms with E-state index < -0.39 is 0 Å². The number of nitrogens with zero attached hydrogens (tertiary/aromatic N) is 2. The Kier molecular flexibility index (Phi) is 9.16. The molecule has 186 valence electrons. The van der Waals surface area contributed by atoms with E-state index in [-0.39, 0.29) is 0 Å². The van der Waals surface area contributed by atoms with Crippen molar-refractivity contribution >= 4 is 45.1 Å². The topological polar surface area (TPSA) is 25.6 Å². The Morgan fingerprint density at radius 2 is 1.66 bits per heavy atom. The highest BCUT2D eigenvalue weighted by Crippen LogP contribution is 2.47. The van der Waals surface area contributed by atoms with E-state index in [0.29, 0.717) is 13.2 Å². The molecule has 35 heavy (non-hydrogen) atoms. The number of ether oxygens (including phenoxy) is 2. The van der Waals surface area contributed by atoms with Crippen LogP contribution in [0.5, 0.6) is 11.5 Å². The van der Waals surface area contributed by atoms with Gasteiger partial charge in [-0.15, -0.1) is 0 Å². The molecule has 1 aliphatic heterocycles. The Morgan fingerprint density at radius 3 is 2.40 bits per heavy atom. The molecule has 0 saturated heterocycles. The Labute approximate surface area is 218 Å². The van der Waals surface area contributed by atoms with Gasteiger partial charge in [-0.3, -0.25) is 0 Å². The van der Waals surface area contributed by atoms with Crippen LogP contribution in [0.15, 0.2) is 58.5 Å². The second-order valence-corrected chi connectivity index (χ2v) is 10.7. The molecule has 2 heterocycles. The van der Waals surface area contributed by atoms with Gasteiger partial charge in [0, 0.05) is 36.1 Å². The van der Waals surface area contributed by atoms with Crippen molar-refractivity contribution in [2.75, 3.05) is 24.7 Å². The predicted molar refractivity (Wildman–Crippen MR) is 151 cm³/mol. The number of unbranched alkanes of at least 4 members (excludes halogenated alkanes) is 2. The first-order chi connectivity index (χ1) is 17.2. The van der Waals surface area contributed by atoms with Crippen molar-refractivity contribution in [3.8, 4) is 11.5 Å². The van der Waals surface area contributed by atoms with Crippen molar-refractivity contribution in [1.29, 1.82) is 0 Å². The van der Waals surface area contributed by atoms with Crippen molar-refractivity contribution < 1.29 is 14.0 Å². The minimum atomic E-state index is 0.688. The van der Waals surface area contributed by atoms with E-state index in [1.807, 2.05) is 36.9 Å². The number of hydrogen-bond donors (Lipinski definition) is 0. The van der Waals surface area contributed by atoms with E-state index in [0.717, 1.165) is 24.6 Å². The highest BCUT2D eigenvalue weighted by atomic mass is 32.2. The average molecular weight is 510 g/mol. The summed E-state index contributed by atoms with van der Waals surface area (Å²) in [6.45, 7) is 12.0. The van der Waals surface area contributed by atoms with Gasteiger partial charge in [-0.2, -0.15) is 4.57 Å². The lowest BCUT2D eigenvalue weighted by Crippen LogP contribution is -2.34. The molecule has 0 amide bonds. The minimum absolute atomic E-state index is 0.688. The molecule has 2 aromatic carbocycles. The Bertz CT molecular complexity index is 1200. The predicted octanol–water partition coefficient (Wildman–Crippen LogP) is 8.05. The zero-order valence-corrected chi connectivity index (χ0v) is 23.0. The van der Waals surface area contributed by atoms with Gasteiger partial charge in [0.15, 0.2) is 6.54 Å². The molecular formula is C29H37N2O2S2+. The van der Waals surface area contributed by atoms with Gasteiger partial charge in [-0.05, 0) is 50.6 Å². The van der Waals surface area contributed by atoms with Crippen molar-refractivity contribution in [2.24, 2.45) is 0 Å². The molecular weight excluding hydrogens is 472 g/mol. The Morgan fingerprint density at radius 1 is 0.914 bits per heavy atom. The molecule has 4 rings (SSSR count). The van der Waals surface area contributed by atoms with Crippen molar-refractivity contribution in [1.82, 2.24) is 0 Å². The molecule has 0 radical (unpaired) electrons. The van der Waals surface area contributed by atoms with Gasteiger partial charge in [-0.25, -0.2) is 0 Å². The van der Waals surface area contributed by atoms with Crippen LogP contribution in [0.2, 0.25) is 0 Å². The number of fused-ring (bicyclic) bond motifs is 2. The van der Waals surface area contributed by atoms with E-state index in [1.165, 1.54) is 56.5 Å². The second-order valence-electron chi connectivity index (χ2n) is 8.54. The summed E-state index contributed by atoms with van der Waals surface area (Å²) in [5, 5.41) is 2.55. The van der Waals surface area contributed by atoms with Gasteiger partial charge in [0.2, 0.25) is 5.52 Å². The second kappa shape index (κ2) is 12.5. The molecule has 0 atom stereocenters. The van der Waals surface area contributed by atoms with E-state index in [2.05, 4.69) is 77.9 Å². The Hall–Kier alpha value is -2.44. The maximum atomic E-state index is 5.74. The maximum Gasteiger partial charge on any atom is 0.262 e. The third-order valence-electron chi connectivity index (χ3n) is 5.98. The number of allylic oxidation sites excluding steroid dienone is 2. The smallest absolute Gasteiger partial charge is 0.262 e. The Balaban J connectivity index is 1.62. The molecule has 1 aromatic heterocycles. The summed E-state index contributed by atoms with van der Waals surface area (Å²) in [6.07, 6.45) is 11.4. The van der Waals surface area contributed by atoms with E-state index in [1.54, 1.807) is 0 Å². The molecule has 4 nitrogen and oxygen atoms in total. The number of thiazole rings is 1. The van der Waals surface area contributed by atoms with E-state index in [4.69, 9.17) is 9.47 Å². The zero-order valence-electron chi connectivity index (χ0n) is 21.4. The molecule has 0 bridgehead atoms. The summed E-state index contributed by atoms with van der Waals surface area (Å²) in [5.74, 6) is 1.89. The highest BCUT2D eigenvalue weighted by Gasteiger charge is 2.25. The van der Waals surface area contributed by atoms with Crippen molar-refractivity contribution in [3.63, 3.8) is 0 Å². The van der Waals surface area contributed by atoms with Gasteiger partial charge in [0.05, 0.1) is 23.9 Å². The third-order valence-corrected chi connectivity index (χ3v) is 8.20. The van der Waals surface area contributed by atoms with E-state index >= 15 is 0 Å². The molecule has 0 saturated carbocycles. The van der Waals surface area contributed by atoms with Gasteiger partial charge < -0.3 is 14.4 Å². The lowest BCUT2D eigenvalue weighted by molar-refractivity contribution is -0.669. The first kappa shape index (κ1) is 25.6. The monoisotopic (exact) mass is 509 g/mol. The van der Waals surface area contributed by atoms with Gasteiger partial charge in [0.1, 0.15) is 16.2 Å². The molecule has 0 aliphatic carbocycles. The molecule has 1 aliphatic rings. The van der Waals surface area contributed by atoms with Gasteiger partial charge in [0.25, 0.3) is 5.01 Å². The SMILES string of the molecule is CCCCN1/C(=C\C=C\c2sc3cc(OCC)ccc3[n+]2CCCC)Sc2cc(OCC)ccc21. The van der Waals surface area contributed by atoms with Crippen LogP contribution in [0.4, 0.5) is 5.69 Å². The minimum Gasteiger partial charge on any atom is -0.494 e. The number of rotatable bonds is 12. The summed E-state index contributed by atoms with van der Waals surface area (Å²) in [7, 11) is 0. The number of aromatic nitrogens is 1. The van der Waals surface area contributed by atoms with Crippen LogP contribution < -0.4 is 18.9 Å². The van der Waals surface area contributed by atoms with Crippen molar-refractivity contribution in [2.45, 2.75) is 64.8 Å². The maximum absolute atomic E-state index is 5.74. The van der Waals surface area contributed by atoms with Crippen LogP contribution in [-0.2, 0) is 6.54 Å². The summed E-state index contributed by atoms with van der Waals surface area (Å²) < 4.78 is 15.2. The summed E-state index contributed by atoms with van der Waals surface area (Å²) in [5.41, 5.74) is 2.57. The number of anilines is 1. The quantitative estimate of drug-likeness (QED) is 0.231. The fourth-order valence-corrected chi connectivity index (χ4v) is 6.50. The molecule has 0 fully saturated rings. The number of aryl methyl sites for hydroxylation is 1. The fraction of sp³-hybridized carbons (Fsp3) is 0.414. The number of benzene rings is 2. The molecule has 0 spiro atoms. The summed E-state index contributed by atoms with van der Waals surface area (Å²) >= 11 is 3.67. The van der Waals surface area contributed by atoms with Crippen LogP contribution in [0.1, 0.15) is 58.4 Å². The molecule has 0 N–H and O–H groups in total. The van der Waals surface area contributed by atoms with Crippen LogP contribution >= 0.6 is 23.1 Å². The first-order valence-electron chi connectivity index (χ1n) is 12.9. The third kappa shape index (κ3) is 6.04. The van der Waals surface area contributed by atoms with Crippen LogP contribution in [0.3, 0.4) is 0 Å². The first-order valence-corrected chi connectivity index (χ1v) is 14.5. The molecule has 3 aromatic rings. The largest absolute Gasteiger partial charge is 0.494 e. The lowest BCUT2D eigenvalue weighted by atomic mass is 10.2. The van der Waals surface area contributed by atoms with Crippen LogP contribution in [0, 0.1) is 0 Å². The summed E-state index contributed by atoms with van der Waals surface area (Å²) in [6, 6.07) is 12.9. The zero-order chi connectivity index (χ0) is 24.6. The molecule has 6 heteroatoms. The number of thioether (sulfide) groups is 1. The lowest BCUT2D eigenvalue weighted by Gasteiger charge is -2.20. The van der Waals surface area contributed by atoms with Gasteiger partial charge >= 0.3 is 0 Å². The van der Waals surface area contributed by atoms with E-state index in [9.17, 15) is 0 Å².